The smallest absolute Gasteiger partial charge is 0.327 e. The summed E-state index contributed by atoms with van der Waals surface area (Å²) in [4.78, 5) is 38.1. The number of H-pyrrole nitrogens is 1. The van der Waals surface area contributed by atoms with Crippen LogP contribution in [0.15, 0.2) is 49.7 Å². The Kier molecular flexibility index (Phi) is 10.3. The van der Waals surface area contributed by atoms with Gasteiger partial charge in [0.25, 0.3) is 0 Å². The van der Waals surface area contributed by atoms with Crippen LogP contribution in [0, 0.1) is 0 Å². The molecule has 0 fully saturated rings. The molecule has 0 atom stereocenters. The first-order chi connectivity index (χ1) is 19.5. The number of ether oxygens (including phenoxy) is 2. The molecule has 3 heterocycles. The number of aromatic amines is 1. The summed E-state index contributed by atoms with van der Waals surface area (Å²) in [6, 6.07) is 8.10. The summed E-state index contributed by atoms with van der Waals surface area (Å²) in [5.41, 5.74) is 8.64. The maximum absolute atomic E-state index is 12.7. The summed E-state index contributed by atoms with van der Waals surface area (Å²) in [5, 5.41) is 15.2. The Bertz CT molecular complexity index is 1390. The zero-order chi connectivity index (χ0) is 28.3. The van der Waals surface area contributed by atoms with Crippen LogP contribution in [0.1, 0.15) is 50.2 Å². The molecule has 1 aromatic carbocycles. The topological polar surface area (TPSA) is 178 Å². The lowest BCUT2D eigenvalue weighted by Gasteiger charge is -2.23. The van der Waals surface area contributed by atoms with Gasteiger partial charge in [-0.3, -0.25) is 14.3 Å². The number of methoxy groups -OCH3 is 1. The van der Waals surface area contributed by atoms with Crippen molar-refractivity contribution in [1.29, 1.82) is 0 Å². The maximum Gasteiger partial charge on any atom is 0.327 e. The van der Waals surface area contributed by atoms with Gasteiger partial charge in [-0.2, -0.15) is 9.97 Å². The van der Waals surface area contributed by atoms with E-state index in [1.165, 1.54) is 7.11 Å². The number of hydrogen-bond acceptors (Lipinski definition) is 12. The number of fused-ring (bicyclic) bond motifs is 1. The minimum atomic E-state index is -0.280. The van der Waals surface area contributed by atoms with Gasteiger partial charge in [-0.25, -0.2) is 4.79 Å². The van der Waals surface area contributed by atoms with Gasteiger partial charge in [0.2, 0.25) is 0 Å². The molecule has 3 N–H and O–H groups in total. The first-order valence-electron chi connectivity index (χ1n) is 13.5. The predicted octanol–water partition coefficient (Wildman–Crippen LogP) is 3.43. The minimum absolute atomic E-state index is 0.174. The van der Waals surface area contributed by atoms with Crippen LogP contribution in [0.5, 0.6) is 6.01 Å². The lowest BCUT2D eigenvalue weighted by Crippen LogP contribution is -2.28. The lowest BCUT2D eigenvalue weighted by atomic mass is 10.1. The highest BCUT2D eigenvalue weighted by atomic mass is 16.5. The Morgan fingerprint density at radius 2 is 1.93 bits per heavy atom. The number of carbonyl (C=O) groups is 1. The van der Waals surface area contributed by atoms with E-state index in [-0.39, 0.29) is 36.1 Å². The van der Waals surface area contributed by atoms with Crippen LogP contribution in [0.2, 0.25) is 0 Å². The van der Waals surface area contributed by atoms with Crippen molar-refractivity contribution in [3.8, 4) is 6.01 Å². The molecular weight excluding hydrogens is 516 g/mol. The summed E-state index contributed by atoms with van der Waals surface area (Å²) in [6.45, 7) is 5.23. The number of nitrogens with zero attached hydrogens (tertiary/aromatic N) is 8. The fourth-order valence-electron chi connectivity index (χ4n) is 4.42. The summed E-state index contributed by atoms with van der Waals surface area (Å²) >= 11 is 0. The monoisotopic (exact) mass is 552 g/mol. The lowest BCUT2D eigenvalue weighted by molar-refractivity contribution is -0.139. The first kappa shape index (κ1) is 28.8. The highest BCUT2D eigenvalue weighted by molar-refractivity contribution is 5.81. The third kappa shape index (κ3) is 7.91. The molecule has 3 aromatic rings. The van der Waals surface area contributed by atoms with E-state index < -0.39 is 0 Å². The molecule has 214 valence electrons. The Labute approximate surface area is 231 Å². The number of hydrogen-bond donors (Lipinski definition) is 2. The molecule has 1 aliphatic heterocycles. The third-order valence-electron chi connectivity index (χ3n) is 6.55. The van der Waals surface area contributed by atoms with Crippen LogP contribution in [-0.2, 0) is 29.0 Å². The van der Waals surface area contributed by atoms with E-state index in [9.17, 15) is 9.59 Å². The number of imidazole rings is 1. The summed E-state index contributed by atoms with van der Waals surface area (Å²) < 4.78 is 12.0. The predicted molar refractivity (Wildman–Crippen MR) is 148 cm³/mol. The van der Waals surface area contributed by atoms with E-state index in [1.807, 2.05) is 24.3 Å². The van der Waals surface area contributed by atoms with Gasteiger partial charge in [0.15, 0.2) is 17.6 Å². The molecule has 2 aromatic heterocycles. The minimum Gasteiger partial charge on any atom is -0.469 e. The normalized spacial score (nSPS) is 13.1. The second-order valence-electron chi connectivity index (χ2n) is 9.61. The standard InChI is InChI=1S/C26H36N10O4/c1-3-4-14-40-25-29-23(27)22-24(30-25)36(26(38)28-22)12-6-5-11-35(13-10-20-31-33-34-32-20)17-19-9-7-8-18(15-19)16-21(37)39-2/h7-9,15,20H,3-6,10-14,16-17H2,1-2H3,(H,28,38)(H2,27,29,30). The van der Waals surface area contributed by atoms with E-state index in [4.69, 9.17) is 15.2 Å². The molecule has 0 unspecified atom stereocenters. The van der Waals surface area contributed by atoms with Crippen LogP contribution >= 0.6 is 0 Å². The van der Waals surface area contributed by atoms with Crippen LogP contribution in [0.4, 0.5) is 5.82 Å². The number of esters is 1. The quantitative estimate of drug-likeness (QED) is 0.200. The van der Waals surface area contributed by atoms with Crippen LogP contribution in [0.25, 0.3) is 11.2 Å². The molecule has 40 heavy (non-hydrogen) atoms. The fraction of sp³-hybridized carbons (Fsp3) is 0.538. The zero-order valence-corrected chi connectivity index (χ0v) is 23.0. The van der Waals surface area contributed by atoms with E-state index in [0.29, 0.717) is 37.3 Å². The van der Waals surface area contributed by atoms with Crippen molar-refractivity contribution in [1.82, 2.24) is 24.4 Å². The van der Waals surface area contributed by atoms with Crippen LogP contribution in [-0.4, -0.2) is 63.4 Å². The number of nitrogens with two attached hydrogens (primary N) is 1. The molecule has 4 rings (SSSR count). The average molecular weight is 553 g/mol. The van der Waals surface area contributed by atoms with Gasteiger partial charge in [-0.05, 0) is 47.4 Å². The summed E-state index contributed by atoms with van der Waals surface area (Å²) in [6.07, 6.45) is 4.08. The molecule has 0 saturated carbocycles. The Hall–Kier alpha value is -4.20. The molecule has 0 aliphatic carbocycles. The van der Waals surface area contributed by atoms with E-state index in [2.05, 4.69) is 47.5 Å². The van der Waals surface area contributed by atoms with Crippen molar-refractivity contribution in [2.24, 2.45) is 20.7 Å². The van der Waals surface area contributed by atoms with Gasteiger partial charge in [0.1, 0.15) is 5.52 Å². The third-order valence-corrected chi connectivity index (χ3v) is 6.55. The van der Waals surface area contributed by atoms with Gasteiger partial charge < -0.3 is 20.2 Å². The second-order valence-corrected chi connectivity index (χ2v) is 9.61. The van der Waals surface area contributed by atoms with Crippen LogP contribution in [0.3, 0.4) is 0 Å². The highest BCUT2D eigenvalue weighted by Gasteiger charge is 2.16. The van der Waals surface area contributed by atoms with E-state index in [1.54, 1.807) is 4.57 Å². The summed E-state index contributed by atoms with van der Waals surface area (Å²) in [7, 11) is 1.39. The number of carbonyl (C=O) groups excluding carboxylic acids is 1. The van der Waals surface area contributed by atoms with Crippen molar-refractivity contribution in [3.05, 3.63) is 45.9 Å². The van der Waals surface area contributed by atoms with Gasteiger partial charge in [0, 0.05) is 26.1 Å². The molecule has 0 amide bonds. The van der Waals surface area contributed by atoms with Gasteiger partial charge in [0.05, 0.1) is 20.1 Å². The molecule has 0 bridgehead atoms. The van der Waals surface area contributed by atoms with Gasteiger partial charge in [-0.15, -0.1) is 10.2 Å². The SMILES string of the molecule is CCCCOc1nc(N)c2[nH]c(=O)n(CCCCN(CCC3N=NN=N3)Cc3cccc(CC(=O)OC)c3)c2n1. The average Bonchev–Trinajstić information content (AvgIpc) is 3.58. The van der Waals surface area contributed by atoms with Crippen molar-refractivity contribution in [2.45, 2.75) is 64.7 Å². The molecular formula is C26H36N10O4. The van der Waals surface area contributed by atoms with Crippen molar-refractivity contribution in [2.75, 3.05) is 32.5 Å². The Morgan fingerprint density at radius 3 is 2.70 bits per heavy atom. The van der Waals surface area contributed by atoms with E-state index in [0.717, 1.165) is 49.9 Å². The Morgan fingerprint density at radius 1 is 1.12 bits per heavy atom. The van der Waals surface area contributed by atoms with Gasteiger partial charge in [-0.1, -0.05) is 37.6 Å². The molecule has 14 nitrogen and oxygen atoms in total. The summed E-state index contributed by atoms with van der Waals surface area (Å²) in [5.74, 6) is -0.0840. The number of unbranched alkanes of at least 4 members (excludes halogenated alkanes) is 2. The van der Waals surface area contributed by atoms with Gasteiger partial charge >= 0.3 is 17.7 Å². The zero-order valence-electron chi connectivity index (χ0n) is 23.0. The number of benzene rings is 1. The largest absolute Gasteiger partial charge is 0.469 e. The second kappa shape index (κ2) is 14.3. The number of aromatic nitrogens is 4. The van der Waals surface area contributed by atoms with Crippen molar-refractivity contribution >= 4 is 23.0 Å². The molecule has 14 heteroatoms. The van der Waals surface area contributed by atoms with Crippen molar-refractivity contribution in [3.63, 3.8) is 0 Å². The molecule has 1 aliphatic rings. The number of anilines is 1. The fourth-order valence-corrected chi connectivity index (χ4v) is 4.42. The number of nitrogen functional groups attached to an aromatic ring is 1. The van der Waals surface area contributed by atoms with E-state index >= 15 is 0 Å². The highest BCUT2D eigenvalue weighted by Crippen LogP contribution is 2.19. The maximum atomic E-state index is 12.7. The molecule has 0 spiro atoms. The van der Waals surface area contributed by atoms with Crippen LogP contribution < -0.4 is 16.2 Å². The molecule has 0 saturated heterocycles. The molecule has 0 radical (unpaired) electrons. The number of nitrogens with one attached hydrogen (secondary N) is 1. The van der Waals surface area contributed by atoms with Crippen molar-refractivity contribution < 1.29 is 14.3 Å². The Balaban J connectivity index is 1.39. The number of rotatable bonds is 16. The first-order valence-corrected chi connectivity index (χ1v) is 13.5. The number of aryl methyl sites for hydroxylation is 1.